The summed E-state index contributed by atoms with van der Waals surface area (Å²) in [5, 5.41) is 6.66. The van der Waals surface area contributed by atoms with Gasteiger partial charge in [-0.1, -0.05) is 55.8 Å². The van der Waals surface area contributed by atoms with Gasteiger partial charge in [-0.3, -0.25) is 4.79 Å². The van der Waals surface area contributed by atoms with Crippen molar-refractivity contribution < 1.29 is 4.79 Å². The Balaban J connectivity index is 1.70. The summed E-state index contributed by atoms with van der Waals surface area (Å²) < 4.78 is 0. The van der Waals surface area contributed by atoms with Crippen LogP contribution in [0.5, 0.6) is 0 Å². The lowest BCUT2D eigenvalue weighted by atomic mass is 9.89. The number of hydrazone groups is 1. The first-order chi connectivity index (χ1) is 10.7. The van der Waals surface area contributed by atoms with E-state index in [0.717, 1.165) is 23.1 Å². The average Bonchev–Trinajstić information content (AvgIpc) is 2.54. The van der Waals surface area contributed by atoms with Crippen molar-refractivity contribution in [3.63, 3.8) is 0 Å². The van der Waals surface area contributed by atoms with E-state index in [2.05, 4.69) is 35.7 Å². The van der Waals surface area contributed by atoms with Gasteiger partial charge in [-0.15, -0.1) is 0 Å². The van der Waals surface area contributed by atoms with Crippen LogP contribution >= 0.6 is 0 Å². The summed E-state index contributed by atoms with van der Waals surface area (Å²) in [6, 6.07) is 14.2. The van der Waals surface area contributed by atoms with Gasteiger partial charge >= 0.3 is 0 Å². The molecule has 22 heavy (non-hydrogen) atoms. The summed E-state index contributed by atoms with van der Waals surface area (Å²) in [7, 11) is 0. The summed E-state index contributed by atoms with van der Waals surface area (Å²) >= 11 is 0. The fourth-order valence-corrected chi connectivity index (χ4v) is 3.13. The van der Waals surface area contributed by atoms with Gasteiger partial charge in [0.25, 0.3) is 0 Å². The van der Waals surface area contributed by atoms with Crippen molar-refractivity contribution in [1.29, 1.82) is 0 Å². The minimum Gasteiger partial charge on any atom is -0.273 e. The van der Waals surface area contributed by atoms with Gasteiger partial charge in [0.1, 0.15) is 0 Å². The highest BCUT2D eigenvalue weighted by Crippen LogP contribution is 2.21. The maximum absolute atomic E-state index is 12.2. The van der Waals surface area contributed by atoms with Gasteiger partial charge in [0.15, 0.2) is 0 Å². The van der Waals surface area contributed by atoms with Gasteiger partial charge in [0, 0.05) is 5.71 Å². The van der Waals surface area contributed by atoms with Crippen molar-refractivity contribution in [2.45, 2.75) is 39.0 Å². The van der Waals surface area contributed by atoms with Gasteiger partial charge in [-0.2, -0.15) is 5.10 Å². The molecule has 2 aromatic rings. The molecule has 3 rings (SSSR count). The number of benzene rings is 2. The second kappa shape index (κ2) is 6.73. The smallest absolute Gasteiger partial charge is 0.244 e. The molecule has 0 aromatic heterocycles. The van der Waals surface area contributed by atoms with E-state index in [-0.39, 0.29) is 5.91 Å². The standard InChI is InChI=1S/C19H22N2O/c1-14-7-2-5-12-18(14)20-21-19(22)13-16-10-6-9-15-8-3-4-11-17(15)16/h3-4,6,8-11,14H,2,5,7,12-13H2,1H3,(H,21,22)/b20-18+. The normalized spacial score (nSPS) is 20.2. The molecule has 0 saturated heterocycles. The first-order valence-electron chi connectivity index (χ1n) is 8.06. The Hall–Kier alpha value is -2.16. The third kappa shape index (κ3) is 3.35. The molecule has 114 valence electrons. The summed E-state index contributed by atoms with van der Waals surface area (Å²) in [5.41, 5.74) is 4.93. The Morgan fingerprint density at radius 2 is 2.00 bits per heavy atom. The fraction of sp³-hybridized carbons (Fsp3) is 0.368. The highest BCUT2D eigenvalue weighted by Gasteiger charge is 2.16. The number of nitrogens with one attached hydrogen (secondary N) is 1. The zero-order valence-electron chi connectivity index (χ0n) is 13.0. The second-order valence-electron chi connectivity index (χ2n) is 6.10. The SMILES string of the molecule is CC1CCCC/C1=N\NC(=O)Cc1cccc2ccccc12. The van der Waals surface area contributed by atoms with E-state index < -0.39 is 0 Å². The van der Waals surface area contributed by atoms with Crippen LogP contribution in [0.15, 0.2) is 47.6 Å². The number of nitrogens with zero attached hydrogens (tertiary/aromatic N) is 1. The average molecular weight is 294 g/mol. The molecule has 0 aliphatic heterocycles. The fourth-order valence-electron chi connectivity index (χ4n) is 3.13. The minimum atomic E-state index is -0.0402. The molecule has 1 fully saturated rings. The lowest BCUT2D eigenvalue weighted by molar-refractivity contribution is -0.120. The Morgan fingerprint density at radius 3 is 2.86 bits per heavy atom. The van der Waals surface area contributed by atoms with E-state index in [0.29, 0.717) is 12.3 Å². The van der Waals surface area contributed by atoms with Crippen molar-refractivity contribution in [2.75, 3.05) is 0 Å². The van der Waals surface area contributed by atoms with E-state index in [9.17, 15) is 4.79 Å². The van der Waals surface area contributed by atoms with E-state index in [4.69, 9.17) is 0 Å². The third-order valence-electron chi connectivity index (χ3n) is 4.44. The number of carbonyl (C=O) groups excluding carboxylic acids is 1. The van der Waals surface area contributed by atoms with Crippen LogP contribution in [-0.2, 0) is 11.2 Å². The highest BCUT2D eigenvalue weighted by atomic mass is 16.2. The molecule has 3 nitrogen and oxygen atoms in total. The number of hydrogen-bond acceptors (Lipinski definition) is 2. The summed E-state index contributed by atoms with van der Waals surface area (Å²) in [6.45, 7) is 2.19. The molecule has 1 aliphatic rings. The van der Waals surface area contributed by atoms with Gasteiger partial charge in [0.2, 0.25) is 5.91 Å². The lowest BCUT2D eigenvalue weighted by Gasteiger charge is -2.19. The zero-order valence-corrected chi connectivity index (χ0v) is 13.0. The van der Waals surface area contributed by atoms with E-state index in [1.807, 2.05) is 24.3 Å². The molecule has 1 amide bonds. The van der Waals surface area contributed by atoms with Crippen molar-refractivity contribution >= 4 is 22.4 Å². The second-order valence-corrected chi connectivity index (χ2v) is 6.10. The maximum Gasteiger partial charge on any atom is 0.244 e. The summed E-state index contributed by atoms with van der Waals surface area (Å²) in [6.07, 6.45) is 5.01. The molecule has 0 heterocycles. The Morgan fingerprint density at radius 1 is 1.18 bits per heavy atom. The number of carbonyl (C=O) groups is 1. The molecular formula is C19H22N2O. The quantitative estimate of drug-likeness (QED) is 0.852. The van der Waals surface area contributed by atoms with E-state index >= 15 is 0 Å². The largest absolute Gasteiger partial charge is 0.273 e. The van der Waals surface area contributed by atoms with Crippen molar-refractivity contribution in [1.82, 2.24) is 5.43 Å². The van der Waals surface area contributed by atoms with E-state index in [1.54, 1.807) is 0 Å². The van der Waals surface area contributed by atoms with Crippen LogP contribution in [0.4, 0.5) is 0 Å². The zero-order chi connectivity index (χ0) is 15.4. The van der Waals surface area contributed by atoms with Crippen LogP contribution < -0.4 is 5.43 Å². The Bertz CT molecular complexity index is 700. The number of fused-ring (bicyclic) bond motifs is 1. The first-order valence-corrected chi connectivity index (χ1v) is 8.06. The van der Waals surface area contributed by atoms with Crippen LogP contribution in [0.25, 0.3) is 10.8 Å². The van der Waals surface area contributed by atoms with Crippen LogP contribution in [0.1, 0.15) is 38.2 Å². The van der Waals surface area contributed by atoms with Crippen LogP contribution in [-0.4, -0.2) is 11.6 Å². The molecule has 3 heteroatoms. The molecule has 2 aromatic carbocycles. The van der Waals surface area contributed by atoms with Gasteiger partial charge in [0.05, 0.1) is 6.42 Å². The predicted octanol–water partition coefficient (Wildman–Crippen LogP) is 4.06. The summed E-state index contributed by atoms with van der Waals surface area (Å²) in [4.78, 5) is 12.2. The molecule has 1 saturated carbocycles. The lowest BCUT2D eigenvalue weighted by Crippen LogP contribution is -2.25. The Kier molecular flexibility index (Phi) is 4.52. The Labute approximate surface area is 131 Å². The number of rotatable bonds is 3. The van der Waals surface area contributed by atoms with Gasteiger partial charge in [-0.25, -0.2) is 5.43 Å². The molecule has 1 N–H and O–H groups in total. The maximum atomic E-state index is 12.2. The van der Waals surface area contributed by atoms with Crippen LogP contribution in [0.2, 0.25) is 0 Å². The topological polar surface area (TPSA) is 41.5 Å². The van der Waals surface area contributed by atoms with Crippen molar-refractivity contribution in [2.24, 2.45) is 11.0 Å². The molecule has 0 spiro atoms. The van der Waals surface area contributed by atoms with Crippen molar-refractivity contribution in [3.8, 4) is 0 Å². The van der Waals surface area contributed by atoms with Gasteiger partial charge in [-0.05, 0) is 41.5 Å². The van der Waals surface area contributed by atoms with Crippen LogP contribution in [0, 0.1) is 5.92 Å². The molecular weight excluding hydrogens is 272 g/mol. The van der Waals surface area contributed by atoms with Crippen molar-refractivity contribution in [3.05, 3.63) is 48.0 Å². The highest BCUT2D eigenvalue weighted by molar-refractivity contribution is 5.91. The summed E-state index contributed by atoms with van der Waals surface area (Å²) in [5.74, 6) is 0.452. The third-order valence-corrected chi connectivity index (χ3v) is 4.44. The van der Waals surface area contributed by atoms with E-state index in [1.165, 1.54) is 24.6 Å². The molecule has 1 aliphatic carbocycles. The minimum absolute atomic E-state index is 0.0402. The number of amides is 1. The molecule has 0 bridgehead atoms. The molecule has 1 unspecified atom stereocenters. The van der Waals surface area contributed by atoms with Gasteiger partial charge < -0.3 is 0 Å². The first kappa shape index (κ1) is 14.8. The number of hydrogen-bond donors (Lipinski definition) is 1. The monoisotopic (exact) mass is 294 g/mol. The molecule has 0 radical (unpaired) electrons. The molecule has 1 atom stereocenters. The predicted molar refractivity (Wildman–Crippen MR) is 90.9 cm³/mol. The van der Waals surface area contributed by atoms with Crippen LogP contribution in [0.3, 0.4) is 0 Å².